The molecule has 202 valence electrons. The minimum absolute atomic E-state index is 0.221. The number of nitrogens with one attached hydrogen (secondary N) is 1. The van der Waals surface area contributed by atoms with Crippen molar-refractivity contribution in [1.29, 1.82) is 0 Å². The molecule has 0 radical (unpaired) electrons. The molecule has 5 rings (SSSR count). The summed E-state index contributed by atoms with van der Waals surface area (Å²) in [6.07, 6.45) is 7.45. The summed E-state index contributed by atoms with van der Waals surface area (Å²) in [6.45, 7) is 2.27. The van der Waals surface area contributed by atoms with Crippen molar-refractivity contribution in [3.63, 3.8) is 0 Å². The van der Waals surface area contributed by atoms with Crippen LogP contribution in [0.15, 0.2) is 65.7 Å². The Bertz CT molecular complexity index is 1720. The average molecular weight is 604 g/mol. The third kappa shape index (κ3) is 6.15. The molecule has 0 spiro atoms. The number of amides is 1. The maximum absolute atomic E-state index is 13.4. The normalized spacial score (nSPS) is 14.2. The molecule has 7 nitrogen and oxygen atoms in total. The molecular formula is C28H25Cl3N4O3S. The highest BCUT2D eigenvalue weighted by Crippen LogP contribution is 2.33. The molecule has 3 heterocycles. The zero-order valence-electron chi connectivity index (χ0n) is 21.0. The van der Waals surface area contributed by atoms with Crippen LogP contribution in [0.1, 0.15) is 22.4 Å². The number of carbonyl (C=O) groups excluding carboxylic acids is 1. The Kier molecular flexibility index (Phi) is 8.03. The number of rotatable bonds is 6. The third-order valence-electron chi connectivity index (χ3n) is 6.68. The molecular weight excluding hydrogens is 579 g/mol. The van der Waals surface area contributed by atoms with Crippen LogP contribution in [0.2, 0.25) is 15.2 Å². The van der Waals surface area contributed by atoms with Crippen molar-refractivity contribution in [2.75, 3.05) is 19.3 Å². The predicted molar refractivity (Wildman–Crippen MR) is 156 cm³/mol. The highest BCUT2D eigenvalue weighted by atomic mass is 35.5. The minimum atomic E-state index is -3.42. The molecule has 0 unspecified atom stereocenters. The monoisotopic (exact) mass is 602 g/mol. The van der Waals surface area contributed by atoms with E-state index >= 15 is 0 Å². The van der Waals surface area contributed by atoms with Gasteiger partial charge in [-0.25, -0.2) is 18.2 Å². The summed E-state index contributed by atoms with van der Waals surface area (Å²) in [5, 5.41) is 5.08. The molecule has 0 saturated carbocycles. The molecule has 0 saturated heterocycles. The van der Waals surface area contributed by atoms with Crippen LogP contribution in [-0.2, 0) is 29.3 Å². The Morgan fingerprint density at radius 3 is 2.64 bits per heavy atom. The summed E-state index contributed by atoms with van der Waals surface area (Å²) >= 11 is 18.1. The Morgan fingerprint density at radius 2 is 1.90 bits per heavy atom. The first kappa shape index (κ1) is 27.7. The summed E-state index contributed by atoms with van der Waals surface area (Å²) in [7, 11) is -3.42. The van der Waals surface area contributed by atoms with Gasteiger partial charge in [0.1, 0.15) is 5.15 Å². The van der Waals surface area contributed by atoms with E-state index in [9.17, 15) is 13.2 Å². The van der Waals surface area contributed by atoms with Crippen molar-refractivity contribution in [2.24, 2.45) is 0 Å². The standard InChI is InChI=1S/C28H25Cl3N4O3S/c1-39(37,38)20-5-7-25-21(15-20)22-17-34(11-2-3-18-4-6-23(29)24(30)13-18)12-9-26(22)35(25)28(36)33-16-19-8-10-32-27(31)14-19/h2-8,10,13-15H,9,11-12,16-17H2,1H3,(H,33,36)/b3-2+. The molecule has 2 aromatic carbocycles. The molecule has 39 heavy (non-hydrogen) atoms. The van der Waals surface area contributed by atoms with E-state index in [1.807, 2.05) is 18.2 Å². The van der Waals surface area contributed by atoms with Crippen LogP contribution in [0.4, 0.5) is 4.79 Å². The number of nitrogens with zero attached hydrogens (tertiary/aromatic N) is 3. The Labute approximate surface area is 241 Å². The quantitative estimate of drug-likeness (QED) is 0.264. The van der Waals surface area contributed by atoms with Crippen molar-refractivity contribution in [1.82, 2.24) is 19.8 Å². The Morgan fingerprint density at radius 1 is 1.08 bits per heavy atom. The topological polar surface area (TPSA) is 84.3 Å². The van der Waals surface area contributed by atoms with E-state index in [1.54, 1.807) is 47.2 Å². The summed E-state index contributed by atoms with van der Waals surface area (Å²) in [5.74, 6) is 0. The van der Waals surface area contributed by atoms with Crippen LogP contribution in [0.3, 0.4) is 0 Å². The second kappa shape index (κ2) is 11.3. The first-order valence-corrected chi connectivity index (χ1v) is 15.2. The number of carbonyl (C=O) groups is 1. The van der Waals surface area contributed by atoms with E-state index in [0.717, 1.165) is 34.3 Å². The van der Waals surface area contributed by atoms with E-state index in [-0.39, 0.29) is 17.5 Å². The molecule has 1 N–H and O–H groups in total. The lowest BCUT2D eigenvalue weighted by molar-refractivity contribution is 0.240. The maximum atomic E-state index is 13.4. The molecule has 4 aromatic rings. The van der Waals surface area contributed by atoms with Crippen molar-refractivity contribution in [3.05, 3.63) is 98.4 Å². The summed E-state index contributed by atoms with van der Waals surface area (Å²) in [4.78, 5) is 19.9. The van der Waals surface area contributed by atoms with Crippen molar-refractivity contribution in [2.45, 2.75) is 24.4 Å². The van der Waals surface area contributed by atoms with Gasteiger partial charge in [-0.15, -0.1) is 0 Å². The second-order valence-electron chi connectivity index (χ2n) is 9.42. The van der Waals surface area contributed by atoms with Crippen LogP contribution >= 0.6 is 34.8 Å². The zero-order valence-corrected chi connectivity index (χ0v) is 24.1. The summed E-state index contributed by atoms with van der Waals surface area (Å²) < 4.78 is 26.3. The van der Waals surface area contributed by atoms with E-state index in [2.05, 4.69) is 21.3 Å². The molecule has 0 fully saturated rings. The van der Waals surface area contributed by atoms with E-state index in [1.165, 1.54) is 6.26 Å². The van der Waals surface area contributed by atoms with Gasteiger partial charge < -0.3 is 5.32 Å². The fourth-order valence-electron chi connectivity index (χ4n) is 4.78. The number of benzene rings is 2. The molecule has 1 amide bonds. The van der Waals surface area contributed by atoms with Crippen molar-refractivity contribution in [3.8, 4) is 0 Å². The van der Waals surface area contributed by atoms with Gasteiger partial charge in [-0.3, -0.25) is 9.47 Å². The number of halogens is 3. The van der Waals surface area contributed by atoms with Crippen LogP contribution in [0.25, 0.3) is 17.0 Å². The molecule has 2 aromatic heterocycles. The minimum Gasteiger partial charge on any atom is -0.333 e. The molecule has 1 aliphatic rings. The number of aromatic nitrogens is 2. The smallest absolute Gasteiger partial charge is 0.326 e. The molecule has 0 bridgehead atoms. The lowest BCUT2D eigenvalue weighted by Gasteiger charge is -2.27. The predicted octanol–water partition coefficient (Wildman–Crippen LogP) is 6.23. The lowest BCUT2D eigenvalue weighted by atomic mass is 10.0. The van der Waals surface area contributed by atoms with Crippen LogP contribution in [-0.4, -0.2) is 48.2 Å². The second-order valence-corrected chi connectivity index (χ2v) is 12.6. The Balaban J connectivity index is 1.43. The largest absolute Gasteiger partial charge is 0.333 e. The maximum Gasteiger partial charge on any atom is 0.326 e. The van der Waals surface area contributed by atoms with Gasteiger partial charge in [-0.1, -0.05) is 53.0 Å². The number of pyridine rings is 1. The summed E-state index contributed by atoms with van der Waals surface area (Å²) in [6, 6.07) is 13.6. The highest BCUT2D eigenvalue weighted by molar-refractivity contribution is 7.90. The molecule has 1 aliphatic heterocycles. The molecule has 11 heteroatoms. The van der Waals surface area contributed by atoms with Crippen LogP contribution in [0.5, 0.6) is 0 Å². The lowest BCUT2D eigenvalue weighted by Crippen LogP contribution is -2.34. The fraction of sp³-hybridized carbons (Fsp3) is 0.214. The van der Waals surface area contributed by atoms with Gasteiger partial charge in [0.15, 0.2) is 9.84 Å². The first-order valence-electron chi connectivity index (χ1n) is 12.2. The van der Waals surface area contributed by atoms with Crippen molar-refractivity contribution >= 4 is 67.7 Å². The van der Waals surface area contributed by atoms with Gasteiger partial charge in [0.25, 0.3) is 0 Å². The van der Waals surface area contributed by atoms with Gasteiger partial charge in [0, 0.05) is 56.1 Å². The van der Waals surface area contributed by atoms with E-state index < -0.39 is 9.84 Å². The van der Waals surface area contributed by atoms with E-state index in [0.29, 0.717) is 40.2 Å². The van der Waals surface area contributed by atoms with E-state index in [4.69, 9.17) is 34.8 Å². The van der Waals surface area contributed by atoms with Gasteiger partial charge in [-0.2, -0.15) is 0 Å². The number of sulfone groups is 1. The van der Waals surface area contributed by atoms with Gasteiger partial charge in [-0.05, 0) is 59.2 Å². The van der Waals surface area contributed by atoms with Crippen LogP contribution < -0.4 is 5.32 Å². The number of hydrogen-bond acceptors (Lipinski definition) is 5. The van der Waals surface area contributed by atoms with Crippen LogP contribution in [0, 0.1) is 0 Å². The number of fused-ring (bicyclic) bond motifs is 3. The highest BCUT2D eigenvalue weighted by Gasteiger charge is 2.27. The summed E-state index contributed by atoms with van der Waals surface area (Å²) in [5.41, 5.74) is 4.28. The average Bonchev–Trinajstić information content (AvgIpc) is 3.22. The Hall–Kier alpha value is -2.88. The number of hydrogen-bond donors (Lipinski definition) is 1. The van der Waals surface area contributed by atoms with Crippen molar-refractivity contribution < 1.29 is 13.2 Å². The van der Waals surface area contributed by atoms with Gasteiger partial charge >= 0.3 is 6.03 Å². The first-order chi connectivity index (χ1) is 18.6. The molecule has 0 aliphatic carbocycles. The van der Waals surface area contributed by atoms with Gasteiger partial charge in [0.2, 0.25) is 0 Å². The fourth-order valence-corrected chi connectivity index (χ4v) is 5.93. The third-order valence-corrected chi connectivity index (χ3v) is 8.74. The van der Waals surface area contributed by atoms with Gasteiger partial charge in [0.05, 0.1) is 20.5 Å². The SMILES string of the molecule is CS(=O)(=O)c1ccc2c(c1)c1c(n2C(=O)NCc2ccnc(Cl)c2)CCN(C/C=C/c2ccc(Cl)c(Cl)c2)C1. The molecule has 0 atom stereocenters. The zero-order chi connectivity index (χ0) is 27.7.